The average Bonchev–Trinajstić information content (AvgIpc) is 2.49. The third-order valence-electron chi connectivity index (χ3n) is 4.02. The Kier molecular flexibility index (Phi) is 8.43. The largest absolute Gasteiger partial charge is 0.294 e. The van der Waals surface area contributed by atoms with Crippen LogP contribution >= 0.6 is 0 Å². The van der Waals surface area contributed by atoms with E-state index in [4.69, 9.17) is 4.55 Å². The molecule has 0 aromatic heterocycles. The van der Waals surface area contributed by atoms with Crippen LogP contribution in [0.25, 0.3) is 0 Å². The minimum absolute atomic E-state index is 0.0322. The zero-order valence-electron chi connectivity index (χ0n) is 13.5. The van der Waals surface area contributed by atoms with Crippen LogP contribution in [0.15, 0.2) is 41.8 Å². The van der Waals surface area contributed by atoms with E-state index in [-0.39, 0.29) is 4.90 Å². The Bertz CT molecular complexity index is 532. The van der Waals surface area contributed by atoms with Gasteiger partial charge in [-0.1, -0.05) is 50.8 Å². The predicted molar refractivity (Wildman–Crippen MR) is 91.8 cm³/mol. The maximum atomic E-state index is 11.1. The number of hydrogen-bond donors (Lipinski definition) is 1. The number of allylic oxidation sites excluding steroid dienone is 1. The quantitative estimate of drug-likeness (QED) is 0.339. The molecule has 0 aliphatic heterocycles. The van der Waals surface area contributed by atoms with Gasteiger partial charge in [-0.3, -0.25) is 4.55 Å². The van der Waals surface area contributed by atoms with Crippen molar-refractivity contribution in [2.75, 3.05) is 0 Å². The first kappa shape index (κ1) is 18.9. The molecule has 0 spiro atoms. The van der Waals surface area contributed by atoms with Crippen LogP contribution in [0.1, 0.15) is 69.8 Å². The molecule has 1 aromatic carbocycles. The standard InChI is InChI=1S/C18H28O3S/c1-3-5-7-9-11-16(10-8-6-4-2)17-12-14-18(15-13-17)22(19,20)21/h3,12-16H,1,4-11H2,2H3,(H,19,20,21). The van der Waals surface area contributed by atoms with Gasteiger partial charge in [-0.25, -0.2) is 0 Å². The first-order valence-corrected chi connectivity index (χ1v) is 9.61. The summed E-state index contributed by atoms with van der Waals surface area (Å²) in [6, 6.07) is 6.68. The van der Waals surface area contributed by atoms with Crippen molar-refractivity contribution in [2.45, 2.75) is 69.1 Å². The fourth-order valence-electron chi connectivity index (χ4n) is 2.71. The van der Waals surface area contributed by atoms with Crippen LogP contribution in [0.2, 0.25) is 0 Å². The molecular formula is C18H28O3S. The molecule has 0 aliphatic rings. The molecule has 0 saturated heterocycles. The van der Waals surface area contributed by atoms with Gasteiger partial charge in [0.25, 0.3) is 10.1 Å². The molecule has 1 rings (SSSR count). The van der Waals surface area contributed by atoms with E-state index in [1.54, 1.807) is 0 Å². The van der Waals surface area contributed by atoms with Gasteiger partial charge in [-0.05, 0) is 49.3 Å². The van der Waals surface area contributed by atoms with E-state index in [1.807, 2.05) is 18.2 Å². The van der Waals surface area contributed by atoms with E-state index in [0.717, 1.165) is 32.1 Å². The zero-order valence-corrected chi connectivity index (χ0v) is 14.3. The minimum atomic E-state index is -4.10. The van der Waals surface area contributed by atoms with Gasteiger partial charge < -0.3 is 0 Å². The van der Waals surface area contributed by atoms with Crippen LogP contribution in [0, 0.1) is 0 Å². The van der Waals surface area contributed by atoms with Crippen LogP contribution in [-0.2, 0) is 10.1 Å². The Balaban J connectivity index is 2.73. The second-order valence-corrected chi connectivity index (χ2v) is 7.23. The second kappa shape index (κ2) is 9.80. The molecule has 0 fully saturated rings. The van der Waals surface area contributed by atoms with E-state index in [2.05, 4.69) is 13.5 Å². The molecule has 0 bridgehead atoms. The van der Waals surface area contributed by atoms with Gasteiger partial charge in [0.2, 0.25) is 0 Å². The fraction of sp³-hybridized carbons (Fsp3) is 0.556. The average molecular weight is 324 g/mol. The smallest absolute Gasteiger partial charge is 0.282 e. The van der Waals surface area contributed by atoms with Gasteiger partial charge in [0.1, 0.15) is 0 Å². The molecule has 1 unspecified atom stereocenters. The molecule has 0 radical (unpaired) electrons. The van der Waals surface area contributed by atoms with Crippen molar-refractivity contribution < 1.29 is 13.0 Å². The number of unbranched alkanes of at least 4 members (excludes halogenated alkanes) is 4. The van der Waals surface area contributed by atoms with E-state index in [9.17, 15) is 8.42 Å². The predicted octanol–water partition coefficient (Wildman–Crippen LogP) is 5.34. The lowest BCUT2D eigenvalue weighted by atomic mass is 9.88. The topological polar surface area (TPSA) is 54.4 Å². The summed E-state index contributed by atoms with van der Waals surface area (Å²) in [4.78, 5) is -0.0322. The maximum Gasteiger partial charge on any atom is 0.294 e. The van der Waals surface area contributed by atoms with Gasteiger partial charge >= 0.3 is 0 Å². The Morgan fingerprint density at radius 1 is 1.09 bits per heavy atom. The van der Waals surface area contributed by atoms with E-state index in [1.165, 1.54) is 37.0 Å². The molecule has 1 N–H and O–H groups in total. The maximum absolute atomic E-state index is 11.1. The second-order valence-electron chi connectivity index (χ2n) is 5.81. The first-order valence-electron chi connectivity index (χ1n) is 8.17. The van der Waals surface area contributed by atoms with Crippen molar-refractivity contribution >= 4 is 10.1 Å². The number of rotatable bonds is 11. The summed E-state index contributed by atoms with van der Waals surface area (Å²) >= 11 is 0. The molecule has 0 amide bonds. The fourth-order valence-corrected chi connectivity index (χ4v) is 3.19. The molecule has 1 atom stereocenters. The van der Waals surface area contributed by atoms with Crippen molar-refractivity contribution in [1.82, 2.24) is 0 Å². The summed E-state index contributed by atoms with van der Waals surface area (Å²) in [7, 11) is -4.10. The zero-order chi connectivity index (χ0) is 16.4. The summed E-state index contributed by atoms with van der Waals surface area (Å²) in [5.41, 5.74) is 1.17. The first-order chi connectivity index (χ1) is 10.5. The minimum Gasteiger partial charge on any atom is -0.282 e. The summed E-state index contributed by atoms with van der Waals surface area (Å²) < 4.78 is 31.3. The monoisotopic (exact) mass is 324 g/mol. The van der Waals surface area contributed by atoms with Crippen molar-refractivity contribution in [3.8, 4) is 0 Å². The third kappa shape index (κ3) is 6.75. The van der Waals surface area contributed by atoms with Gasteiger partial charge in [-0.2, -0.15) is 8.42 Å². The lowest BCUT2D eigenvalue weighted by Gasteiger charge is -2.17. The van der Waals surface area contributed by atoms with Crippen LogP contribution in [0.4, 0.5) is 0 Å². The van der Waals surface area contributed by atoms with Gasteiger partial charge in [0, 0.05) is 0 Å². The summed E-state index contributed by atoms with van der Waals surface area (Å²) in [5, 5.41) is 0. The SMILES string of the molecule is C=CCCCCC(CCCCC)c1ccc(S(=O)(=O)O)cc1. The van der Waals surface area contributed by atoms with E-state index in [0.29, 0.717) is 5.92 Å². The molecule has 0 heterocycles. The van der Waals surface area contributed by atoms with Crippen LogP contribution in [0.3, 0.4) is 0 Å². The van der Waals surface area contributed by atoms with Gasteiger partial charge in [0.05, 0.1) is 4.90 Å². The Morgan fingerprint density at radius 3 is 2.18 bits per heavy atom. The van der Waals surface area contributed by atoms with E-state index >= 15 is 0 Å². The molecule has 0 saturated carbocycles. The summed E-state index contributed by atoms with van der Waals surface area (Å²) in [6.45, 7) is 5.94. The van der Waals surface area contributed by atoms with Crippen molar-refractivity contribution in [2.24, 2.45) is 0 Å². The van der Waals surface area contributed by atoms with Crippen molar-refractivity contribution in [3.63, 3.8) is 0 Å². The van der Waals surface area contributed by atoms with Crippen LogP contribution < -0.4 is 0 Å². The molecule has 124 valence electrons. The summed E-state index contributed by atoms with van der Waals surface area (Å²) in [5.74, 6) is 0.465. The van der Waals surface area contributed by atoms with Crippen molar-refractivity contribution in [1.29, 1.82) is 0 Å². The molecular weight excluding hydrogens is 296 g/mol. The van der Waals surface area contributed by atoms with Gasteiger partial charge in [0.15, 0.2) is 0 Å². The highest BCUT2D eigenvalue weighted by Crippen LogP contribution is 2.29. The Labute approximate surface area is 135 Å². The molecule has 1 aromatic rings. The van der Waals surface area contributed by atoms with E-state index < -0.39 is 10.1 Å². The van der Waals surface area contributed by atoms with Crippen LogP contribution in [0.5, 0.6) is 0 Å². The molecule has 4 heteroatoms. The lowest BCUT2D eigenvalue weighted by molar-refractivity contribution is 0.482. The highest BCUT2D eigenvalue weighted by Gasteiger charge is 2.14. The Hall–Kier alpha value is -1.13. The third-order valence-corrected chi connectivity index (χ3v) is 4.88. The number of hydrogen-bond acceptors (Lipinski definition) is 2. The Morgan fingerprint density at radius 2 is 1.68 bits per heavy atom. The normalized spacial score (nSPS) is 13.0. The number of benzene rings is 1. The highest BCUT2D eigenvalue weighted by molar-refractivity contribution is 7.85. The van der Waals surface area contributed by atoms with Gasteiger partial charge in [-0.15, -0.1) is 6.58 Å². The van der Waals surface area contributed by atoms with Crippen molar-refractivity contribution in [3.05, 3.63) is 42.5 Å². The summed E-state index contributed by atoms with van der Waals surface area (Å²) in [6.07, 6.45) is 11.2. The lowest BCUT2D eigenvalue weighted by Crippen LogP contribution is -2.02. The molecule has 3 nitrogen and oxygen atoms in total. The van der Waals surface area contributed by atoms with Crippen LogP contribution in [-0.4, -0.2) is 13.0 Å². The highest BCUT2D eigenvalue weighted by atomic mass is 32.2. The molecule has 0 aliphatic carbocycles. The molecule has 22 heavy (non-hydrogen) atoms.